The Bertz CT molecular complexity index is 1810. The van der Waals surface area contributed by atoms with Crippen molar-refractivity contribution in [1.82, 2.24) is 0 Å². The largest absolute Gasteiger partial charge is 0.472 e. The summed E-state index contributed by atoms with van der Waals surface area (Å²) in [6.07, 6.45) is 48.3. The Morgan fingerprint density at radius 2 is 0.554 bits per heavy atom. The van der Waals surface area contributed by atoms with Crippen LogP contribution in [0.25, 0.3) is 0 Å². The number of hydrogen-bond donors (Lipinski definition) is 3. The van der Waals surface area contributed by atoms with Crippen LogP contribution in [0.4, 0.5) is 0 Å². The first kappa shape index (κ1) is 90.1. The molecule has 0 aromatic rings. The van der Waals surface area contributed by atoms with Crippen LogP contribution in [0.3, 0.4) is 0 Å². The van der Waals surface area contributed by atoms with Crippen LogP contribution in [0.5, 0.6) is 0 Å². The molecule has 0 aliphatic heterocycles. The van der Waals surface area contributed by atoms with Crippen LogP contribution in [0.2, 0.25) is 0 Å². The second kappa shape index (κ2) is 63.8. The Hall–Kier alpha value is -1.94. The molecular formula is C73H142O17P2. The summed E-state index contributed by atoms with van der Waals surface area (Å²) < 4.78 is 68.4. The van der Waals surface area contributed by atoms with Crippen molar-refractivity contribution in [3.63, 3.8) is 0 Å². The summed E-state index contributed by atoms with van der Waals surface area (Å²) in [7, 11) is -9.91. The average Bonchev–Trinajstić information content (AvgIpc) is 1.88. The number of ether oxygens (including phenoxy) is 4. The highest BCUT2D eigenvalue weighted by Gasteiger charge is 2.30. The van der Waals surface area contributed by atoms with Gasteiger partial charge in [0.15, 0.2) is 12.2 Å². The number of carbonyl (C=O) groups excluding carboxylic acids is 4. The topological polar surface area (TPSA) is 237 Å². The molecular weight excluding hydrogens is 1210 g/mol. The van der Waals surface area contributed by atoms with Gasteiger partial charge in [0.2, 0.25) is 0 Å². The Balaban J connectivity index is 5.27. The number of esters is 4. The van der Waals surface area contributed by atoms with E-state index < -0.39 is 97.5 Å². The number of carbonyl (C=O) groups is 4. The number of phosphoric ester groups is 2. The second-order valence-corrected chi connectivity index (χ2v) is 30.2. The van der Waals surface area contributed by atoms with Crippen molar-refractivity contribution >= 4 is 39.5 Å². The molecule has 0 aliphatic rings. The van der Waals surface area contributed by atoms with Crippen molar-refractivity contribution in [1.29, 1.82) is 0 Å². The van der Waals surface area contributed by atoms with E-state index in [1.165, 1.54) is 180 Å². The average molecular weight is 1350 g/mol. The smallest absolute Gasteiger partial charge is 0.462 e. The number of phosphoric acid groups is 2. The molecule has 4 unspecified atom stereocenters. The van der Waals surface area contributed by atoms with E-state index in [1.54, 1.807) is 0 Å². The fourth-order valence-corrected chi connectivity index (χ4v) is 12.6. The van der Waals surface area contributed by atoms with Gasteiger partial charge < -0.3 is 33.8 Å². The molecule has 0 rings (SSSR count). The molecule has 546 valence electrons. The molecule has 92 heavy (non-hydrogen) atoms. The summed E-state index contributed by atoms with van der Waals surface area (Å²) in [5, 5.41) is 10.6. The lowest BCUT2D eigenvalue weighted by atomic mass is 9.99. The van der Waals surface area contributed by atoms with Crippen molar-refractivity contribution in [2.75, 3.05) is 39.6 Å². The van der Waals surface area contributed by atoms with E-state index in [1.807, 2.05) is 0 Å². The van der Waals surface area contributed by atoms with Gasteiger partial charge in [-0.15, -0.1) is 0 Å². The van der Waals surface area contributed by atoms with Gasteiger partial charge in [-0.2, -0.15) is 0 Å². The molecule has 0 amide bonds. The fourth-order valence-electron chi connectivity index (χ4n) is 11.0. The number of aliphatic hydroxyl groups excluding tert-OH is 1. The van der Waals surface area contributed by atoms with Crippen LogP contribution in [-0.4, -0.2) is 96.7 Å². The molecule has 0 fully saturated rings. The van der Waals surface area contributed by atoms with E-state index in [9.17, 15) is 43.2 Å². The summed E-state index contributed by atoms with van der Waals surface area (Å²) in [5.74, 6) is 0.211. The summed E-state index contributed by atoms with van der Waals surface area (Å²) >= 11 is 0. The van der Waals surface area contributed by atoms with E-state index in [0.29, 0.717) is 25.7 Å². The van der Waals surface area contributed by atoms with Crippen molar-refractivity contribution < 1.29 is 80.2 Å². The molecule has 0 aliphatic carbocycles. The minimum atomic E-state index is -4.95. The lowest BCUT2D eigenvalue weighted by Crippen LogP contribution is -2.30. The van der Waals surface area contributed by atoms with Gasteiger partial charge in [-0.25, -0.2) is 9.13 Å². The Morgan fingerprint density at radius 1 is 0.315 bits per heavy atom. The van der Waals surface area contributed by atoms with Gasteiger partial charge in [0.05, 0.1) is 26.4 Å². The number of hydrogen-bond acceptors (Lipinski definition) is 15. The zero-order valence-corrected chi connectivity index (χ0v) is 61.8. The number of unbranched alkanes of at least 4 members (excludes halogenated alkanes) is 37. The molecule has 3 N–H and O–H groups in total. The van der Waals surface area contributed by atoms with Crippen LogP contribution in [-0.2, 0) is 65.4 Å². The van der Waals surface area contributed by atoms with Crippen LogP contribution >= 0.6 is 15.6 Å². The third kappa shape index (κ3) is 64.1. The normalized spacial score (nSPS) is 14.7. The molecule has 0 spiro atoms. The molecule has 0 aromatic heterocycles. The summed E-state index contributed by atoms with van der Waals surface area (Å²) in [4.78, 5) is 72.7. The van der Waals surface area contributed by atoms with Crippen LogP contribution < -0.4 is 0 Å². The van der Waals surface area contributed by atoms with Crippen molar-refractivity contribution in [3.8, 4) is 0 Å². The summed E-state index contributed by atoms with van der Waals surface area (Å²) in [5.41, 5.74) is 0. The quantitative estimate of drug-likeness (QED) is 0.0222. The van der Waals surface area contributed by atoms with Crippen molar-refractivity contribution in [2.24, 2.45) is 17.8 Å². The third-order valence-electron chi connectivity index (χ3n) is 17.6. The molecule has 0 radical (unpaired) electrons. The van der Waals surface area contributed by atoms with Crippen molar-refractivity contribution in [3.05, 3.63) is 0 Å². The van der Waals surface area contributed by atoms with Crippen LogP contribution in [0.15, 0.2) is 0 Å². The predicted octanol–water partition coefficient (Wildman–Crippen LogP) is 21.0. The van der Waals surface area contributed by atoms with E-state index in [0.717, 1.165) is 108 Å². The van der Waals surface area contributed by atoms with Gasteiger partial charge in [-0.1, -0.05) is 318 Å². The molecule has 0 bridgehead atoms. The maximum absolute atomic E-state index is 13.1. The highest BCUT2D eigenvalue weighted by atomic mass is 31.2. The second-order valence-electron chi connectivity index (χ2n) is 27.3. The molecule has 0 saturated carbocycles. The van der Waals surface area contributed by atoms with Gasteiger partial charge in [0.25, 0.3) is 0 Å². The molecule has 7 atom stereocenters. The minimum Gasteiger partial charge on any atom is -0.462 e. The SMILES string of the molecule is CCCCCCCCCCCCCCC(=O)OC[C@H](COP(=O)(O)OC[C@H](O)COP(=O)(O)OC[C@@H](COC(=O)CCCCCCCCCCC(C)CC)OC(=O)CCCCCCCCCCCCCCCC(C)C)OC(=O)CCCCCCCCCCC(C)CC. The standard InChI is InChI=1S/C73H142O17P2/c1-8-11-12-13-14-15-16-21-24-33-40-47-54-70(75)83-60-69(90-73(78)57-50-43-36-29-27-32-39-46-53-66(7)10-3)63-88-92(81,82)86-59-67(74)58-85-91(79,80)87-62-68(61-84-71(76)55-48-41-34-28-26-31-38-45-52-65(6)9-2)89-72(77)56-49-42-35-25-22-19-17-18-20-23-30-37-44-51-64(4)5/h64-69,74H,8-63H2,1-7H3,(H,79,80)(H,81,82)/t65?,66?,67-,68-,69-/m1/s1. The minimum absolute atomic E-state index is 0.105. The predicted molar refractivity (Wildman–Crippen MR) is 372 cm³/mol. The number of rotatable bonds is 71. The van der Waals surface area contributed by atoms with Crippen LogP contribution in [0.1, 0.15) is 370 Å². The lowest BCUT2D eigenvalue weighted by molar-refractivity contribution is -0.161. The summed E-state index contributed by atoms with van der Waals surface area (Å²) in [6.45, 7) is 11.9. The van der Waals surface area contributed by atoms with E-state index >= 15 is 0 Å². The zero-order chi connectivity index (χ0) is 68.0. The fraction of sp³-hybridized carbons (Fsp3) is 0.945. The lowest BCUT2D eigenvalue weighted by Gasteiger charge is -2.21. The van der Waals surface area contributed by atoms with Gasteiger partial charge in [0, 0.05) is 25.7 Å². The van der Waals surface area contributed by atoms with E-state index in [4.69, 9.17) is 37.0 Å². The maximum atomic E-state index is 13.1. The number of aliphatic hydroxyl groups is 1. The highest BCUT2D eigenvalue weighted by Crippen LogP contribution is 2.45. The molecule has 19 heteroatoms. The van der Waals surface area contributed by atoms with Crippen LogP contribution in [0, 0.1) is 17.8 Å². The van der Waals surface area contributed by atoms with Gasteiger partial charge in [-0.3, -0.25) is 37.3 Å². The highest BCUT2D eigenvalue weighted by molar-refractivity contribution is 7.47. The molecule has 0 heterocycles. The molecule has 17 nitrogen and oxygen atoms in total. The molecule has 0 aromatic carbocycles. The Kier molecular flexibility index (Phi) is 62.4. The van der Waals surface area contributed by atoms with Gasteiger partial charge in [-0.05, 0) is 43.4 Å². The van der Waals surface area contributed by atoms with Gasteiger partial charge >= 0.3 is 39.5 Å². The van der Waals surface area contributed by atoms with E-state index in [-0.39, 0.29) is 25.7 Å². The van der Waals surface area contributed by atoms with Gasteiger partial charge in [0.1, 0.15) is 19.3 Å². The first-order valence-electron chi connectivity index (χ1n) is 37.9. The third-order valence-corrected chi connectivity index (χ3v) is 19.5. The van der Waals surface area contributed by atoms with E-state index in [2.05, 4.69) is 48.5 Å². The Labute approximate surface area is 562 Å². The zero-order valence-electron chi connectivity index (χ0n) is 60.0. The van der Waals surface area contributed by atoms with Crippen molar-refractivity contribution in [2.45, 2.75) is 388 Å². The summed E-state index contributed by atoms with van der Waals surface area (Å²) in [6, 6.07) is 0. The first-order valence-corrected chi connectivity index (χ1v) is 40.9. The Morgan fingerprint density at radius 3 is 0.826 bits per heavy atom. The maximum Gasteiger partial charge on any atom is 0.472 e. The first-order chi connectivity index (χ1) is 44.3. The molecule has 0 saturated heterocycles. The monoisotopic (exact) mass is 1350 g/mol.